The van der Waals surface area contributed by atoms with Crippen LogP contribution in [-0.4, -0.2) is 18.1 Å². The predicted octanol–water partition coefficient (Wildman–Crippen LogP) is 2.82. The molecule has 0 aliphatic heterocycles. The minimum atomic E-state index is -0.547. The largest absolute Gasteiger partial charge is 0.366 e. The molecule has 0 aliphatic carbocycles. The highest BCUT2D eigenvalue weighted by Gasteiger charge is 2.13. The first-order chi connectivity index (χ1) is 9.11. The van der Waals surface area contributed by atoms with Crippen molar-refractivity contribution in [2.24, 2.45) is 5.73 Å². The number of carbonyl (C=O) groups excluding carboxylic acids is 2. The van der Waals surface area contributed by atoms with Gasteiger partial charge in [0.15, 0.2) is 0 Å². The molecule has 1 heterocycles. The molecular weight excluding hydrogens is 280 g/mol. The van der Waals surface area contributed by atoms with E-state index >= 15 is 0 Å². The van der Waals surface area contributed by atoms with Crippen molar-refractivity contribution >= 4 is 39.9 Å². The molecule has 0 atom stereocenters. The van der Waals surface area contributed by atoms with Gasteiger partial charge >= 0.3 is 0 Å². The molecule has 98 valence electrons. The first kappa shape index (κ1) is 13.6. The van der Waals surface area contributed by atoms with Gasteiger partial charge in [-0.05, 0) is 35.9 Å². The lowest BCUT2D eigenvalue weighted by atomic mass is 10.2. The van der Waals surface area contributed by atoms with Gasteiger partial charge < -0.3 is 11.1 Å². The Labute approximate surface area is 119 Å². The molecule has 19 heavy (non-hydrogen) atoms. The van der Waals surface area contributed by atoms with Crippen molar-refractivity contribution < 1.29 is 9.59 Å². The molecule has 2 aromatic rings. The second kappa shape index (κ2) is 5.90. The number of thiophene rings is 1. The molecule has 0 saturated heterocycles. The quantitative estimate of drug-likeness (QED) is 0.851. The van der Waals surface area contributed by atoms with Gasteiger partial charge in [-0.1, -0.05) is 6.07 Å². The van der Waals surface area contributed by atoms with Gasteiger partial charge in [-0.3, -0.25) is 9.59 Å². The molecule has 0 aliphatic rings. The number of nitrogens with one attached hydrogen (secondary N) is 1. The maximum Gasteiger partial charge on any atom is 0.256 e. The van der Waals surface area contributed by atoms with Crippen molar-refractivity contribution in [2.45, 2.75) is 4.90 Å². The van der Waals surface area contributed by atoms with Crippen molar-refractivity contribution in [3.8, 4) is 0 Å². The topological polar surface area (TPSA) is 72.2 Å². The molecular formula is C13H12N2O2S2. The third-order valence-corrected chi connectivity index (χ3v) is 4.04. The zero-order valence-corrected chi connectivity index (χ0v) is 11.8. The molecule has 0 unspecified atom stereocenters. The Bertz CT molecular complexity index is 623. The molecule has 2 amide bonds. The number of nitrogens with two attached hydrogens (primary N) is 1. The summed E-state index contributed by atoms with van der Waals surface area (Å²) in [6.07, 6.45) is 1.95. The van der Waals surface area contributed by atoms with E-state index in [0.717, 1.165) is 4.90 Å². The fourth-order valence-electron chi connectivity index (χ4n) is 1.54. The molecule has 6 heteroatoms. The van der Waals surface area contributed by atoms with Crippen LogP contribution in [0.1, 0.15) is 20.7 Å². The SMILES string of the molecule is CSc1cccc(C(=O)Nc2sccc2C(N)=O)c1. The number of primary amides is 1. The van der Waals surface area contributed by atoms with Crippen LogP contribution in [0.15, 0.2) is 40.6 Å². The van der Waals surface area contributed by atoms with E-state index in [0.29, 0.717) is 16.1 Å². The zero-order valence-electron chi connectivity index (χ0n) is 10.2. The normalized spacial score (nSPS) is 10.2. The fourth-order valence-corrected chi connectivity index (χ4v) is 2.79. The van der Waals surface area contributed by atoms with Gasteiger partial charge in [0.05, 0.1) is 5.56 Å². The van der Waals surface area contributed by atoms with Crippen LogP contribution in [0.5, 0.6) is 0 Å². The third kappa shape index (κ3) is 3.15. The van der Waals surface area contributed by atoms with E-state index in [1.54, 1.807) is 35.3 Å². The fraction of sp³-hybridized carbons (Fsp3) is 0.0769. The molecule has 1 aromatic carbocycles. The first-order valence-electron chi connectivity index (χ1n) is 5.44. The predicted molar refractivity (Wildman–Crippen MR) is 79.0 cm³/mol. The minimum Gasteiger partial charge on any atom is -0.366 e. The van der Waals surface area contributed by atoms with Gasteiger partial charge in [0.1, 0.15) is 5.00 Å². The summed E-state index contributed by atoms with van der Waals surface area (Å²) in [5.41, 5.74) is 6.12. The lowest BCUT2D eigenvalue weighted by Gasteiger charge is -2.05. The highest BCUT2D eigenvalue weighted by Crippen LogP contribution is 2.24. The van der Waals surface area contributed by atoms with E-state index in [-0.39, 0.29) is 5.91 Å². The second-order valence-corrected chi connectivity index (χ2v) is 5.51. The van der Waals surface area contributed by atoms with Crippen molar-refractivity contribution in [1.29, 1.82) is 0 Å². The van der Waals surface area contributed by atoms with Crippen molar-refractivity contribution in [1.82, 2.24) is 0 Å². The van der Waals surface area contributed by atoms with Crippen LogP contribution < -0.4 is 11.1 Å². The standard InChI is InChI=1S/C13H12N2O2S2/c1-18-9-4-2-3-8(7-9)12(17)15-13-10(11(14)16)5-6-19-13/h2-7H,1H3,(H2,14,16)(H,15,17). The van der Waals surface area contributed by atoms with Gasteiger partial charge in [0.25, 0.3) is 11.8 Å². The van der Waals surface area contributed by atoms with Gasteiger partial charge in [-0.25, -0.2) is 0 Å². The summed E-state index contributed by atoms with van der Waals surface area (Å²) in [5, 5.41) is 4.90. The van der Waals surface area contributed by atoms with Crippen LogP contribution in [0.2, 0.25) is 0 Å². The van der Waals surface area contributed by atoms with E-state index in [2.05, 4.69) is 5.32 Å². The molecule has 0 fully saturated rings. The lowest BCUT2D eigenvalue weighted by Crippen LogP contribution is -2.16. The number of carbonyl (C=O) groups is 2. The maximum atomic E-state index is 12.1. The molecule has 0 spiro atoms. The third-order valence-electron chi connectivity index (χ3n) is 2.49. The molecule has 2 rings (SSSR count). The molecule has 0 radical (unpaired) electrons. The van der Waals surface area contributed by atoms with Gasteiger partial charge in [-0.2, -0.15) is 0 Å². The van der Waals surface area contributed by atoms with Gasteiger partial charge in [0.2, 0.25) is 0 Å². The number of benzene rings is 1. The highest BCUT2D eigenvalue weighted by atomic mass is 32.2. The number of rotatable bonds is 4. The Kier molecular flexibility index (Phi) is 4.24. The Morgan fingerprint density at radius 2 is 2.11 bits per heavy atom. The molecule has 0 bridgehead atoms. The Morgan fingerprint density at radius 3 is 2.79 bits per heavy atom. The smallest absolute Gasteiger partial charge is 0.256 e. The van der Waals surface area contributed by atoms with Crippen LogP contribution >= 0.6 is 23.1 Å². The minimum absolute atomic E-state index is 0.249. The average Bonchev–Trinajstić information content (AvgIpc) is 2.87. The average molecular weight is 292 g/mol. The van der Waals surface area contributed by atoms with Crippen LogP contribution in [-0.2, 0) is 0 Å². The van der Waals surface area contributed by atoms with Gasteiger partial charge in [0, 0.05) is 10.5 Å². The summed E-state index contributed by atoms with van der Waals surface area (Å²) in [4.78, 5) is 24.3. The summed E-state index contributed by atoms with van der Waals surface area (Å²) in [7, 11) is 0. The second-order valence-electron chi connectivity index (χ2n) is 3.71. The zero-order chi connectivity index (χ0) is 13.8. The maximum absolute atomic E-state index is 12.1. The number of amides is 2. The summed E-state index contributed by atoms with van der Waals surface area (Å²) >= 11 is 2.84. The molecule has 1 aromatic heterocycles. The molecule has 4 nitrogen and oxygen atoms in total. The van der Waals surface area contributed by atoms with Crippen LogP contribution in [0.3, 0.4) is 0 Å². The van der Waals surface area contributed by atoms with E-state index in [1.165, 1.54) is 11.3 Å². The Morgan fingerprint density at radius 1 is 1.32 bits per heavy atom. The van der Waals surface area contributed by atoms with E-state index in [4.69, 9.17) is 5.73 Å². The summed E-state index contributed by atoms with van der Waals surface area (Å²) in [6.45, 7) is 0. The van der Waals surface area contributed by atoms with Crippen molar-refractivity contribution in [2.75, 3.05) is 11.6 Å². The molecule has 3 N–H and O–H groups in total. The van der Waals surface area contributed by atoms with E-state index < -0.39 is 5.91 Å². The van der Waals surface area contributed by atoms with Gasteiger partial charge in [-0.15, -0.1) is 23.1 Å². The number of thioether (sulfide) groups is 1. The first-order valence-corrected chi connectivity index (χ1v) is 7.55. The van der Waals surface area contributed by atoms with Crippen LogP contribution in [0.25, 0.3) is 0 Å². The lowest BCUT2D eigenvalue weighted by molar-refractivity contribution is 0.100. The molecule has 0 saturated carbocycles. The number of hydrogen-bond acceptors (Lipinski definition) is 4. The van der Waals surface area contributed by atoms with Crippen molar-refractivity contribution in [3.63, 3.8) is 0 Å². The van der Waals surface area contributed by atoms with E-state index in [9.17, 15) is 9.59 Å². The van der Waals surface area contributed by atoms with Crippen LogP contribution in [0.4, 0.5) is 5.00 Å². The van der Waals surface area contributed by atoms with Crippen molar-refractivity contribution in [3.05, 3.63) is 46.8 Å². The highest BCUT2D eigenvalue weighted by molar-refractivity contribution is 7.98. The van der Waals surface area contributed by atoms with E-state index in [1.807, 2.05) is 18.4 Å². The summed E-state index contributed by atoms with van der Waals surface area (Å²) < 4.78 is 0. The monoisotopic (exact) mass is 292 g/mol. The summed E-state index contributed by atoms with van der Waals surface area (Å²) in [5.74, 6) is -0.796. The Balaban J connectivity index is 2.20. The number of anilines is 1. The van der Waals surface area contributed by atoms with Crippen LogP contribution in [0, 0.1) is 0 Å². The number of hydrogen-bond donors (Lipinski definition) is 2. The summed E-state index contributed by atoms with van der Waals surface area (Å²) in [6, 6.07) is 8.89. The Hall–Kier alpha value is -1.79.